The van der Waals surface area contributed by atoms with Crippen molar-refractivity contribution in [3.8, 4) is 0 Å². The van der Waals surface area contributed by atoms with E-state index in [1.165, 1.54) is 11.1 Å². The number of nitrogens with zero attached hydrogens (tertiary/aromatic N) is 3. The molecule has 1 amide bonds. The van der Waals surface area contributed by atoms with Gasteiger partial charge in [-0.2, -0.15) is 5.10 Å². The zero-order valence-corrected chi connectivity index (χ0v) is 15.7. The molecule has 0 fully saturated rings. The maximum absolute atomic E-state index is 12.2. The number of nitrogens with one attached hydrogen (secondary N) is 1. The van der Waals surface area contributed by atoms with Crippen LogP contribution in [0.5, 0.6) is 0 Å². The van der Waals surface area contributed by atoms with Gasteiger partial charge in [0.15, 0.2) is 0 Å². The van der Waals surface area contributed by atoms with Crippen molar-refractivity contribution in [1.29, 1.82) is 0 Å². The summed E-state index contributed by atoms with van der Waals surface area (Å²) in [6.45, 7) is 1.25. The van der Waals surface area contributed by atoms with E-state index in [2.05, 4.69) is 69.6 Å². The van der Waals surface area contributed by atoms with Crippen LogP contribution in [0.25, 0.3) is 0 Å². The Morgan fingerprint density at radius 1 is 1.33 bits per heavy atom. The fourth-order valence-electron chi connectivity index (χ4n) is 3.30. The SMILES string of the molecule is CN(C)C1(CNC(=O)CCn2cc(Br)cn2)Cc2ccccc2C1. The number of aryl methyl sites for hydroxylation is 1. The van der Waals surface area contributed by atoms with Gasteiger partial charge in [-0.05, 0) is 54.0 Å². The molecule has 0 atom stereocenters. The highest BCUT2D eigenvalue weighted by atomic mass is 79.9. The Hall–Kier alpha value is -1.66. The van der Waals surface area contributed by atoms with E-state index in [1.807, 2.05) is 6.20 Å². The van der Waals surface area contributed by atoms with Crippen molar-refractivity contribution in [3.05, 3.63) is 52.3 Å². The van der Waals surface area contributed by atoms with Gasteiger partial charge in [-0.3, -0.25) is 9.48 Å². The first-order valence-electron chi connectivity index (χ1n) is 8.17. The highest BCUT2D eigenvalue weighted by molar-refractivity contribution is 9.10. The molecule has 5 nitrogen and oxygen atoms in total. The molecule has 0 spiro atoms. The summed E-state index contributed by atoms with van der Waals surface area (Å²) in [7, 11) is 4.19. The zero-order chi connectivity index (χ0) is 17.2. The molecule has 3 rings (SSSR count). The second-order valence-corrected chi connectivity index (χ2v) is 7.61. The van der Waals surface area contributed by atoms with E-state index in [1.54, 1.807) is 10.9 Å². The number of carbonyl (C=O) groups is 1. The van der Waals surface area contributed by atoms with Crippen LogP contribution in [0.1, 0.15) is 17.5 Å². The fraction of sp³-hybridized carbons (Fsp3) is 0.444. The third-order valence-corrected chi connectivity index (χ3v) is 5.30. The van der Waals surface area contributed by atoms with E-state index in [0.29, 0.717) is 19.5 Å². The quantitative estimate of drug-likeness (QED) is 0.822. The first-order chi connectivity index (χ1) is 11.5. The molecule has 1 heterocycles. The monoisotopic (exact) mass is 390 g/mol. The second-order valence-electron chi connectivity index (χ2n) is 6.69. The van der Waals surface area contributed by atoms with Gasteiger partial charge in [0.2, 0.25) is 5.91 Å². The molecular weight excluding hydrogens is 368 g/mol. The van der Waals surface area contributed by atoms with Crippen molar-refractivity contribution in [2.75, 3.05) is 20.6 Å². The van der Waals surface area contributed by atoms with Gasteiger partial charge in [-0.1, -0.05) is 24.3 Å². The molecule has 0 saturated heterocycles. The maximum Gasteiger partial charge on any atom is 0.221 e. The third kappa shape index (κ3) is 3.70. The first-order valence-corrected chi connectivity index (χ1v) is 8.97. The highest BCUT2D eigenvalue weighted by Gasteiger charge is 2.39. The Bertz CT molecular complexity index is 700. The molecule has 2 aromatic rings. The first kappa shape index (κ1) is 17.2. The van der Waals surface area contributed by atoms with Crippen LogP contribution in [0.3, 0.4) is 0 Å². The number of hydrogen-bond donors (Lipinski definition) is 1. The van der Waals surface area contributed by atoms with Gasteiger partial charge in [0.1, 0.15) is 0 Å². The van der Waals surface area contributed by atoms with Crippen LogP contribution in [0, 0.1) is 0 Å². The number of amides is 1. The van der Waals surface area contributed by atoms with Gasteiger partial charge in [-0.15, -0.1) is 0 Å². The molecule has 0 unspecified atom stereocenters. The molecule has 0 aliphatic heterocycles. The Morgan fingerprint density at radius 3 is 2.54 bits per heavy atom. The molecule has 1 aliphatic rings. The van der Waals surface area contributed by atoms with Gasteiger partial charge < -0.3 is 10.2 Å². The van der Waals surface area contributed by atoms with Crippen molar-refractivity contribution < 1.29 is 4.79 Å². The zero-order valence-electron chi connectivity index (χ0n) is 14.1. The summed E-state index contributed by atoms with van der Waals surface area (Å²) >= 11 is 3.36. The molecule has 0 radical (unpaired) electrons. The molecule has 1 aromatic carbocycles. The minimum atomic E-state index is -0.0337. The number of rotatable bonds is 6. The minimum Gasteiger partial charge on any atom is -0.354 e. The summed E-state index contributed by atoms with van der Waals surface area (Å²) < 4.78 is 2.70. The normalized spacial score (nSPS) is 15.5. The van der Waals surface area contributed by atoms with Crippen LogP contribution >= 0.6 is 15.9 Å². The molecule has 1 aliphatic carbocycles. The Labute approximate surface area is 151 Å². The van der Waals surface area contributed by atoms with Gasteiger partial charge in [0.25, 0.3) is 0 Å². The Morgan fingerprint density at radius 2 is 2.00 bits per heavy atom. The van der Waals surface area contributed by atoms with Gasteiger partial charge in [0.05, 0.1) is 10.7 Å². The summed E-state index contributed by atoms with van der Waals surface area (Å²) in [6, 6.07) is 8.56. The summed E-state index contributed by atoms with van der Waals surface area (Å²) in [5.74, 6) is 0.0683. The lowest BCUT2D eigenvalue weighted by atomic mass is 9.94. The van der Waals surface area contributed by atoms with Crippen LogP contribution in [0.2, 0.25) is 0 Å². The van der Waals surface area contributed by atoms with Crippen LogP contribution in [0.4, 0.5) is 0 Å². The molecule has 24 heavy (non-hydrogen) atoms. The number of carbonyl (C=O) groups excluding carboxylic acids is 1. The lowest BCUT2D eigenvalue weighted by Crippen LogP contribution is -2.53. The minimum absolute atomic E-state index is 0.0337. The fourth-order valence-corrected chi connectivity index (χ4v) is 3.63. The molecule has 1 N–H and O–H groups in total. The van der Waals surface area contributed by atoms with E-state index in [-0.39, 0.29) is 11.4 Å². The molecule has 0 bridgehead atoms. The molecule has 128 valence electrons. The van der Waals surface area contributed by atoms with Crippen molar-refractivity contribution in [2.24, 2.45) is 0 Å². The lowest BCUT2D eigenvalue weighted by Gasteiger charge is -2.36. The maximum atomic E-state index is 12.2. The van der Waals surface area contributed by atoms with Crippen LogP contribution in [-0.4, -0.2) is 46.8 Å². The number of fused-ring (bicyclic) bond motifs is 1. The predicted octanol–water partition coefficient (Wildman–Crippen LogP) is 2.25. The number of benzene rings is 1. The second kappa shape index (κ2) is 7.07. The smallest absolute Gasteiger partial charge is 0.221 e. The van der Waals surface area contributed by atoms with Gasteiger partial charge in [-0.25, -0.2) is 0 Å². The average Bonchev–Trinajstić information content (AvgIpc) is 3.14. The summed E-state index contributed by atoms with van der Waals surface area (Å²) in [5, 5.41) is 7.30. The molecule has 6 heteroatoms. The van der Waals surface area contributed by atoms with E-state index in [0.717, 1.165) is 17.3 Å². The standard InChI is InChI=1S/C18H23BrN4O/c1-22(2)18(9-14-5-3-4-6-15(14)10-18)13-20-17(24)7-8-23-12-16(19)11-21-23/h3-6,11-12H,7-10,13H2,1-2H3,(H,20,24). The Balaban J connectivity index is 1.56. The lowest BCUT2D eigenvalue weighted by molar-refractivity contribution is -0.121. The van der Waals surface area contributed by atoms with E-state index >= 15 is 0 Å². The van der Waals surface area contributed by atoms with Crippen LogP contribution in [-0.2, 0) is 24.2 Å². The van der Waals surface area contributed by atoms with Crippen molar-refractivity contribution in [2.45, 2.75) is 31.3 Å². The number of halogens is 1. The van der Waals surface area contributed by atoms with E-state index < -0.39 is 0 Å². The van der Waals surface area contributed by atoms with Crippen LogP contribution < -0.4 is 5.32 Å². The molecular formula is C18H23BrN4O. The Kier molecular flexibility index (Phi) is 5.06. The topological polar surface area (TPSA) is 50.2 Å². The van der Waals surface area contributed by atoms with Crippen molar-refractivity contribution in [1.82, 2.24) is 20.0 Å². The van der Waals surface area contributed by atoms with Crippen molar-refractivity contribution >= 4 is 21.8 Å². The number of hydrogen-bond acceptors (Lipinski definition) is 3. The van der Waals surface area contributed by atoms with E-state index in [9.17, 15) is 4.79 Å². The predicted molar refractivity (Wildman–Crippen MR) is 97.8 cm³/mol. The number of likely N-dealkylation sites (N-methyl/N-ethyl adjacent to an activating group) is 1. The molecule has 0 saturated carbocycles. The molecule has 1 aromatic heterocycles. The largest absolute Gasteiger partial charge is 0.354 e. The average molecular weight is 391 g/mol. The number of aromatic nitrogens is 2. The van der Waals surface area contributed by atoms with Crippen molar-refractivity contribution in [3.63, 3.8) is 0 Å². The van der Waals surface area contributed by atoms with Crippen LogP contribution in [0.15, 0.2) is 41.1 Å². The summed E-state index contributed by atoms with van der Waals surface area (Å²) in [4.78, 5) is 14.5. The van der Waals surface area contributed by atoms with E-state index in [4.69, 9.17) is 0 Å². The van der Waals surface area contributed by atoms with Gasteiger partial charge in [0, 0.05) is 31.2 Å². The summed E-state index contributed by atoms with van der Waals surface area (Å²) in [6.07, 6.45) is 5.99. The third-order valence-electron chi connectivity index (χ3n) is 4.89. The summed E-state index contributed by atoms with van der Waals surface area (Å²) in [5.41, 5.74) is 2.75. The highest BCUT2D eigenvalue weighted by Crippen LogP contribution is 2.33. The van der Waals surface area contributed by atoms with Gasteiger partial charge >= 0.3 is 0 Å².